The Bertz CT molecular complexity index is 1020. The summed E-state index contributed by atoms with van der Waals surface area (Å²) in [5.74, 6) is 1.17. The molecule has 1 aliphatic carbocycles. The van der Waals surface area contributed by atoms with Crippen molar-refractivity contribution in [1.82, 2.24) is 9.78 Å². The maximum Gasteiger partial charge on any atom is 0.257 e. The van der Waals surface area contributed by atoms with E-state index in [2.05, 4.69) is 23.1 Å². The molecule has 4 rings (SSSR count). The number of amides is 1. The van der Waals surface area contributed by atoms with Crippen molar-refractivity contribution in [2.75, 3.05) is 12.4 Å². The molecule has 6 heteroatoms. The number of halogens is 1. The Morgan fingerprint density at radius 2 is 2.00 bits per heavy atom. The van der Waals surface area contributed by atoms with Crippen LogP contribution < -0.4 is 10.1 Å². The van der Waals surface area contributed by atoms with Crippen LogP contribution in [0.25, 0.3) is 10.9 Å². The summed E-state index contributed by atoms with van der Waals surface area (Å²) < 4.78 is 7.60. The number of ether oxygens (including phenoxy) is 1. The molecule has 152 valence electrons. The summed E-state index contributed by atoms with van der Waals surface area (Å²) in [5.41, 5.74) is 1.91. The smallest absolute Gasteiger partial charge is 0.257 e. The van der Waals surface area contributed by atoms with Gasteiger partial charge in [-0.25, -0.2) is 0 Å². The molecule has 0 unspecified atom stereocenters. The van der Waals surface area contributed by atoms with Gasteiger partial charge in [-0.05, 0) is 49.8 Å². The van der Waals surface area contributed by atoms with E-state index in [4.69, 9.17) is 21.4 Å². The number of anilines is 1. The van der Waals surface area contributed by atoms with E-state index in [1.54, 1.807) is 31.4 Å². The molecule has 1 amide bonds. The second-order valence-electron chi connectivity index (χ2n) is 7.74. The van der Waals surface area contributed by atoms with E-state index >= 15 is 0 Å². The fraction of sp³-hybridized carbons (Fsp3) is 0.391. The van der Waals surface area contributed by atoms with Gasteiger partial charge in [-0.3, -0.25) is 9.48 Å². The van der Waals surface area contributed by atoms with E-state index in [0.29, 0.717) is 28.1 Å². The number of nitrogens with zero attached hydrogens (tertiary/aromatic N) is 2. The molecule has 1 fully saturated rings. The molecule has 1 aliphatic rings. The second-order valence-corrected chi connectivity index (χ2v) is 8.14. The summed E-state index contributed by atoms with van der Waals surface area (Å²) >= 11 is 6.16. The highest BCUT2D eigenvalue weighted by atomic mass is 35.5. The fourth-order valence-electron chi connectivity index (χ4n) is 4.18. The minimum absolute atomic E-state index is 0.265. The molecular weight excluding hydrogens is 386 g/mol. The van der Waals surface area contributed by atoms with Crippen molar-refractivity contribution in [3.63, 3.8) is 0 Å². The standard InChI is InChI=1S/C23H26ClN3O2/c1-3-15-8-10-17(11-9-15)27-14-16-12-21(22(29-2)13-20(16)26-27)25-23(28)18-6-4-5-7-19(18)24/h4-7,12-15,17H,3,8-11H2,1-2H3,(H,25,28)/t15-,17-. The fourth-order valence-corrected chi connectivity index (χ4v) is 4.40. The van der Waals surface area contributed by atoms with E-state index in [1.165, 1.54) is 32.1 Å². The quantitative estimate of drug-likeness (QED) is 0.552. The third-order valence-electron chi connectivity index (χ3n) is 5.98. The highest BCUT2D eigenvalue weighted by Gasteiger charge is 2.22. The number of nitrogens with one attached hydrogen (secondary N) is 1. The molecule has 1 saturated carbocycles. The number of carbonyl (C=O) groups is 1. The molecule has 0 aliphatic heterocycles. The minimum Gasteiger partial charge on any atom is -0.494 e. The molecule has 1 heterocycles. The summed E-state index contributed by atoms with van der Waals surface area (Å²) in [4.78, 5) is 12.7. The number of benzene rings is 2. The summed E-state index contributed by atoms with van der Waals surface area (Å²) in [6, 6.07) is 11.2. The Labute approximate surface area is 176 Å². The van der Waals surface area contributed by atoms with Crippen molar-refractivity contribution in [2.24, 2.45) is 5.92 Å². The van der Waals surface area contributed by atoms with Crippen molar-refractivity contribution < 1.29 is 9.53 Å². The lowest BCUT2D eigenvalue weighted by molar-refractivity contribution is 0.102. The minimum atomic E-state index is -0.265. The van der Waals surface area contributed by atoms with Crippen molar-refractivity contribution in [1.29, 1.82) is 0 Å². The average Bonchev–Trinajstić information content (AvgIpc) is 3.16. The first-order valence-corrected chi connectivity index (χ1v) is 10.6. The van der Waals surface area contributed by atoms with Crippen LogP contribution in [0.2, 0.25) is 5.02 Å². The zero-order chi connectivity index (χ0) is 20.4. The molecule has 1 N–H and O–H groups in total. The first-order valence-electron chi connectivity index (χ1n) is 10.2. The second kappa shape index (κ2) is 8.46. The molecule has 0 spiro atoms. The summed E-state index contributed by atoms with van der Waals surface area (Å²) in [6.45, 7) is 2.28. The van der Waals surface area contributed by atoms with Crippen LogP contribution in [0.4, 0.5) is 5.69 Å². The normalized spacial score (nSPS) is 19.3. The van der Waals surface area contributed by atoms with E-state index in [-0.39, 0.29) is 5.91 Å². The van der Waals surface area contributed by atoms with Gasteiger partial charge in [0.25, 0.3) is 5.91 Å². The van der Waals surface area contributed by atoms with Crippen molar-refractivity contribution >= 4 is 34.1 Å². The van der Waals surface area contributed by atoms with Crippen LogP contribution >= 0.6 is 11.6 Å². The number of methoxy groups -OCH3 is 1. The third kappa shape index (κ3) is 4.10. The van der Waals surface area contributed by atoms with Crippen molar-refractivity contribution in [2.45, 2.75) is 45.1 Å². The van der Waals surface area contributed by atoms with E-state index < -0.39 is 0 Å². The van der Waals surface area contributed by atoms with Crippen LogP contribution in [-0.2, 0) is 0 Å². The van der Waals surface area contributed by atoms with Gasteiger partial charge in [0.05, 0.1) is 34.9 Å². The molecule has 2 aromatic carbocycles. The molecule has 0 atom stereocenters. The average molecular weight is 412 g/mol. The van der Waals surface area contributed by atoms with Gasteiger partial charge in [0.2, 0.25) is 0 Å². The Balaban J connectivity index is 1.60. The molecule has 0 bridgehead atoms. The molecule has 5 nitrogen and oxygen atoms in total. The van der Waals surface area contributed by atoms with Gasteiger partial charge in [-0.15, -0.1) is 0 Å². The molecule has 1 aromatic heterocycles. The van der Waals surface area contributed by atoms with Gasteiger partial charge >= 0.3 is 0 Å². The lowest BCUT2D eigenvalue weighted by Crippen LogP contribution is -2.18. The van der Waals surface area contributed by atoms with Crippen LogP contribution in [0.3, 0.4) is 0 Å². The van der Waals surface area contributed by atoms with E-state index in [9.17, 15) is 4.79 Å². The zero-order valence-corrected chi connectivity index (χ0v) is 17.6. The van der Waals surface area contributed by atoms with E-state index in [1.807, 2.05) is 12.1 Å². The lowest BCUT2D eigenvalue weighted by Gasteiger charge is -2.27. The maximum absolute atomic E-state index is 12.7. The Kier molecular flexibility index (Phi) is 5.76. The maximum atomic E-state index is 12.7. The summed E-state index contributed by atoms with van der Waals surface area (Å²) in [5, 5.41) is 9.12. The van der Waals surface area contributed by atoms with Gasteiger partial charge in [-0.1, -0.05) is 37.1 Å². The number of hydrogen-bond donors (Lipinski definition) is 1. The topological polar surface area (TPSA) is 56.2 Å². The highest BCUT2D eigenvalue weighted by molar-refractivity contribution is 6.34. The molecular formula is C23H26ClN3O2. The zero-order valence-electron chi connectivity index (χ0n) is 16.8. The summed E-state index contributed by atoms with van der Waals surface area (Å²) in [7, 11) is 1.59. The van der Waals surface area contributed by atoms with Crippen LogP contribution in [0.1, 0.15) is 55.4 Å². The molecule has 0 saturated heterocycles. The SMILES string of the molecule is CC[C@H]1CC[C@H](n2cc3cc(NC(=O)c4ccccc4Cl)c(OC)cc3n2)CC1. The monoisotopic (exact) mass is 411 g/mol. The highest BCUT2D eigenvalue weighted by Crippen LogP contribution is 2.36. The van der Waals surface area contributed by atoms with E-state index in [0.717, 1.165) is 16.8 Å². The van der Waals surface area contributed by atoms with Gasteiger partial charge < -0.3 is 10.1 Å². The van der Waals surface area contributed by atoms with Crippen molar-refractivity contribution in [3.8, 4) is 5.75 Å². The van der Waals surface area contributed by atoms with Crippen molar-refractivity contribution in [3.05, 3.63) is 53.2 Å². The first kappa shape index (κ1) is 19.8. The molecule has 29 heavy (non-hydrogen) atoms. The third-order valence-corrected chi connectivity index (χ3v) is 6.31. The van der Waals surface area contributed by atoms with Crippen LogP contribution in [0.15, 0.2) is 42.6 Å². The Morgan fingerprint density at radius 1 is 1.24 bits per heavy atom. The van der Waals surface area contributed by atoms with Crippen LogP contribution in [0, 0.1) is 5.92 Å². The summed E-state index contributed by atoms with van der Waals surface area (Å²) in [6.07, 6.45) is 8.20. The number of fused-ring (bicyclic) bond motifs is 1. The Morgan fingerprint density at radius 3 is 2.69 bits per heavy atom. The number of carbonyl (C=O) groups excluding carboxylic acids is 1. The van der Waals surface area contributed by atoms with Gasteiger partial charge in [-0.2, -0.15) is 5.10 Å². The number of aromatic nitrogens is 2. The molecule has 3 aromatic rings. The molecule has 0 radical (unpaired) electrons. The Hall–Kier alpha value is -2.53. The lowest BCUT2D eigenvalue weighted by atomic mass is 9.85. The number of rotatable bonds is 5. The predicted octanol–water partition coefficient (Wildman–Crippen LogP) is 6.09. The van der Waals surface area contributed by atoms with Gasteiger partial charge in [0.1, 0.15) is 5.75 Å². The van der Waals surface area contributed by atoms with Gasteiger partial charge in [0.15, 0.2) is 0 Å². The van der Waals surface area contributed by atoms with Crippen LogP contribution in [0.5, 0.6) is 5.75 Å². The van der Waals surface area contributed by atoms with Gasteiger partial charge in [0, 0.05) is 17.6 Å². The first-order chi connectivity index (χ1) is 14.1. The number of hydrogen-bond acceptors (Lipinski definition) is 3. The van der Waals surface area contributed by atoms with Crippen LogP contribution in [-0.4, -0.2) is 22.8 Å². The largest absolute Gasteiger partial charge is 0.494 e. The predicted molar refractivity (Wildman–Crippen MR) is 117 cm³/mol.